The molecule has 0 aliphatic carbocycles. The van der Waals surface area contributed by atoms with Gasteiger partial charge in [-0.25, -0.2) is 4.98 Å². The molecule has 5 heteroatoms. The highest BCUT2D eigenvalue weighted by Gasteiger charge is 2.16. The zero-order valence-corrected chi connectivity index (χ0v) is 10.4. The summed E-state index contributed by atoms with van der Waals surface area (Å²) in [5, 5.41) is 2.59. The lowest BCUT2D eigenvalue weighted by atomic mass is 10.3. The molecular weight excluding hydrogens is 234 g/mol. The Morgan fingerprint density at radius 1 is 1.67 bits per heavy atom. The first-order chi connectivity index (χ1) is 7.22. The van der Waals surface area contributed by atoms with Gasteiger partial charge in [0.1, 0.15) is 16.8 Å². The van der Waals surface area contributed by atoms with Crippen molar-refractivity contribution in [1.82, 2.24) is 4.98 Å². The molecule has 0 bridgehead atoms. The van der Waals surface area contributed by atoms with E-state index < -0.39 is 0 Å². The number of alkyl halides is 1. The first-order valence-electron chi connectivity index (χ1n) is 4.89. The van der Waals surface area contributed by atoms with Gasteiger partial charge in [-0.15, -0.1) is 22.9 Å². The second-order valence-corrected chi connectivity index (χ2v) is 4.14. The predicted molar refractivity (Wildman–Crippen MR) is 61.8 cm³/mol. The third-order valence-corrected chi connectivity index (χ3v) is 3.12. The van der Waals surface area contributed by atoms with Crippen molar-refractivity contribution in [3.8, 4) is 0 Å². The summed E-state index contributed by atoms with van der Waals surface area (Å²) >= 11 is 6.90. The van der Waals surface area contributed by atoms with Gasteiger partial charge in [0.15, 0.2) is 5.78 Å². The molecule has 1 aromatic heterocycles. The van der Waals surface area contributed by atoms with Gasteiger partial charge in [0, 0.05) is 12.0 Å². The molecule has 1 aromatic rings. The SMILES string of the molecule is CCOC(CC)c1nc(C(=O)CCl)cs1. The van der Waals surface area contributed by atoms with Crippen LogP contribution in [0.3, 0.4) is 0 Å². The number of aromatic nitrogens is 1. The molecule has 0 N–H and O–H groups in total. The minimum absolute atomic E-state index is 0.00289. The van der Waals surface area contributed by atoms with E-state index in [2.05, 4.69) is 4.98 Å². The number of thiazole rings is 1. The zero-order valence-electron chi connectivity index (χ0n) is 8.83. The number of carbonyl (C=O) groups excluding carboxylic acids is 1. The molecule has 1 unspecified atom stereocenters. The van der Waals surface area contributed by atoms with Crippen molar-refractivity contribution >= 4 is 28.7 Å². The standard InChI is InChI=1S/C10H14ClNO2S/c1-3-9(14-4-2)10-12-7(6-15-10)8(13)5-11/h6,9H,3-5H2,1-2H3. The second kappa shape index (κ2) is 6.20. The molecule has 0 amide bonds. The van der Waals surface area contributed by atoms with Gasteiger partial charge in [0.05, 0.1) is 5.88 Å². The van der Waals surface area contributed by atoms with E-state index in [1.165, 1.54) is 11.3 Å². The summed E-state index contributed by atoms with van der Waals surface area (Å²) in [6.07, 6.45) is 0.854. The maximum absolute atomic E-state index is 11.3. The van der Waals surface area contributed by atoms with Gasteiger partial charge < -0.3 is 4.74 Å². The minimum atomic E-state index is -0.134. The molecule has 0 saturated carbocycles. The van der Waals surface area contributed by atoms with E-state index >= 15 is 0 Å². The molecule has 0 spiro atoms. The van der Waals surface area contributed by atoms with Crippen molar-refractivity contribution in [3.63, 3.8) is 0 Å². The van der Waals surface area contributed by atoms with Crippen LogP contribution in [0.1, 0.15) is 41.9 Å². The van der Waals surface area contributed by atoms with Crippen LogP contribution in [0.2, 0.25) is 0 Å². The Balaban J connectivity index is 2.77. The normalized spacial score (nSPS) is 12.7. The molecule has 0 aromatic carbocycles. The fraction of sp³-hybridized carbons (Fsp3) is 0.600. The summed E-state index contributed by atoms with van der Waals surface area (Å²) in [4.78, 5) is 15.5. The summed E-state index contributed by atoms with van der Waals surface area (Å²) in [5.41, 5.74) is 0.447. The monoisotopic (exact) mass is 247 g/mol. The second-order valence-electron chi connectivity index (χ2n) is 2.98. The van der Waals surface area contributed by atoms with Crippen LogP contribution in [0, 0.1) is 0 Å². The van der Waals surface area contributed by atoms with Crippen molar-refractivity contribution in [3.05, 3.63) is 16.1 Å². The van der Waals surface area contributed by atoms with Crippen LogP contribution >= 0.6 is 22.9 Å². The number of hydrogen-bond donors (Lipinski definition) is 0. The van der Waals surface area contributed by atoms with Gasteiger partial charge >= 0.3 is 0 Å². The van der Waals surface area contributed by atoms with Gasteiger partial charge in [-0.1, -0.05) is 6.92 Å². The maximum Gasteiger partial charge on any atom is 0.196 e. The first-order valence-corrected chi connectivity index (χ1v) is 6.30. The highest BCUT2D eigenvalue weighted by atomic mass is 35.5. The van der Waals surface area contributed by atoms with Crippen molar-refractivity contribution < 1.29 is 9.53 Å². The van der Waals surface area contributed by atoms with Crippen molar-refractivity contribution in [2.24, 2.45) is 0 Å². The lowest BCUT2D eigenvalue weighted by Crippen LogP contribution is -2.05. The van der Waals surface area contributed by atoms with Crippen molar-refractivity contribution in [1.29, 1.82) is 0 Å². The minimum Gasteiger partial charge on any atom is -0.371 e. The number of carbonyl (C=O) groups is 1. The quantitative estimate of drug-likeness (QED) is 0.573. The smallest absolute Gasteiger partial charge is 0.196 e. The van der Waals surface area contributed by atoms with E-state index in [0.717, 1.165) is 11.4 Å². The van der Waals surface area contributed by atoms with Crippen molar-refractivity contribution in [2.75, 3.05) is 12.5 Å². The lowest BCUT2D eigenvalue weighted by Gasteiger charge is -2.10. The lowest BCUT2D eigenvalue weighted by molar-refractivity contribution is 0.0595. The van der Waals surface area contributed by atoms with E-state index in [4.69, 9.17) is 16.3 Å². The van der Waals surface area contributed by atoms with Gasteiger partial charge in [-0.05, 0) is 13.3 Å². The topological polar surface area (TPSA) is 39.2 Å². The zero-order chi connectivity index (χ0) is 11.3. The Kier molecular flexibility index (Phi) is 5.22. The largest absolute Gasteiger partial charge is 0.371 e. The number of ether oxygens (including phenoxy) is 1. The molecule has 3 nitrogen and oxygen atoms in total. The molecule has 84 valence electrons. The fourth-order valence-electron chi connectivity index (χ4n) is 1.20. The summed E-state index contributed by atoms with van der Waals surface area (Å²) in [6.45, 7) is 4.63. The number of Topliss-reactive ketones (excluding diaryl/α,β-unsaturated/α-hetero) is 1. The Hall–Kier alpha value is -0.450. The van der Waals surface area contributed by atoms with Gasteiger partial charge in [-0.2, -0.15) is 0 Å². The third kappa shape index (κ3) is 3.26. The molecule has 0 fully saturated rings. The number of ketones is 1. The summed E-state index contributed by atoms with van der Waals surface area (Å²) in [5.74, 6) is -0.153. The van der Waals surface area contributed by atoms with Crippen LogP contribution in [0.4, 0.5) is 0 Å². The van der Waals surface area contributed by atoms with Crippen LogP contribution in [0.25, 0.3) is 0 Å². The number of rotatable bonds is 6. The number of hydrogen-bond acceptors (Lipinski definition) is 4. The van der Waals surface area contributed by atoms with E-state index in [9.17, 15) is 4.79 Å². The van der Waals surface area contributed by atoms with Gasteiger partial charge in [0.2, 0.25) is 0 Å². The molecular formula is C10H14ClNO2S. The molecule has 0 saturated heterocycles. The average molecular weight is 248 g/mol. The maximum atomic E-state index is 11.3. The molecule has 0 aliphatic heterocycles. The molecule has 0 radical (unpaired) electrons. The Morgan fingerprint density at radius 3 is 2.93 bits per heavy atom. The van der Waals surface area contributed by atoms with E-state index in [1.54, 1.807) is 5.38 Å². The summed E-state index contributed by atoms with van der Waals surface area (Å²) in [7, 11) is 0. The van der Waals surface area contributed by atoms with Crippen LogP contribution in [0.15, 0.2) is 5.38 Å². The van der Waals surface area contributed by atoms with Gasteiger partial charge in [-0.3, -0.25) is 4.79 Å². The van der Waals surface area contributed by atoms with Crippen LogP contribution in [0.5, 0.6) is 0 Å². The average Bonchev–Trinajstić information content (AvgIpc) is 2.73. The van der Waals surface area contributed by atoms with Crippen LogP contribution in [-0.2, 0) is 4.74 Å². The highest BCUT2D eigenvalue weighted by Crippen LogP contribution is 2.24. The Morgan fingerprint density at radius 2 is 2.40 bits per heavy atom. The first kappa shape index (κ1) is 12.6. The Bertz CT molecular complexity index is 327. The molecule has 0 aliphatic rings. The molecule has 1 atom stereocenters. The Labute approximate surface area is 98.4 Å². The van der Waals surface area contributed by atoms with E-state index in [-0.39, 0.29) is 17.8 Å². The van der Waals surface area contributed by atoms with Gasteiger partial charge in [0.25, 0.3) is 0 Å². The van der Waals surface area contributed by atoms with E-state index in [0.29, 0.717) is 12.3 Å². The van der Waals surface area contributed by atoms with E-state index in [1.807, 2.05) is 13.8 Å². The fourth-order valence-corrected chi connectivity index (χ4v) is 2.29. The molecule has 15 heavy (non-hydrogen) atoms. The van der Waals surface area contributed by atoms with Crippen molar-refractivity contribution in [2.45, 2.75) is 26.4 Å². The van der Waals surface area contributed by atoms with Crippen LogP contribution in [-0.4, -0.2) is 23.3 Å². The van der Waals surface area contributed by atoms with Crippen LogP contribution < -0.4 is 0 Å². The number of halogens is 1. The highest BCUT2D eigenvalue weighted by molar-refractivity contribution is 7.09. The summed E-state index contributed by atoms with van der Waals surface area (Å²) < 4.78 is 5.51. The summed E-state index contributed by atoms with van der Waals surface area (Å²) in [6, 6.07) is 0. The number of nitrogens with zero attached hydrogens (tertiary/aromatic N) is 1. The predicted octanol–water partition coefficient (Wildman–Crippen LogP) is 3.05. The molecule has 1 rings (SSSR count). The molecule has 1 heterocycles. The third-order valence-electron chi connectivity index (χ3n) is 1.94.